The summed E-state index contributed by atoms with van der Waals surface area (Å²) in [6, 6.07) is 6.51. The Hall–Kier alpha value is -0.0488. The third kappa shape index (κ3) is 2.97. The predicted molar refractivity (Wildman–Crippen MR) is 54.8 cm³/mol. The fourth-order valence-corrected chi connectivity index (χ4v) is 2.66. The van der Waals surface area contributed by atoms with Gasteiger partial charge in [-0.25, -0.2) is 0 Å². The van der Waals surface area contributed by atoms with Crippen LogP contribution in [-0.4, -0.2) is 8.07 Å². The van der Waals surface area contributed by atoms with Crippen molar-refractivity contribution in [2.45, 2.75) is 26.6 Å². The van der Waals surface area contributed by atoms with Crippen molar-refractivity contribution in [3.63, 3.8) is 0 Å². The molecule has 1 aromatic rings. The molecule has 0 amide bonds. The van der Waals surface area contributed by atoms with Crippen LogP contribution >= 0.6 is 0 Å². The first-order valence-electron chi connectivity index (χ1n) is 4.39. The maximum absolute atomic E-state index is 5.25. The summed E-state index contributed by atoms with van der Waals surface area (Å²) in [5.41, 5.74) is 1.29. The second-order valence-corrected chi connectivity index (χ2v) is 9.78. The van der Waals surface area contributed by atoms with Gasteiger partial charge in [0.15, 0.2) is 0 Å². The summed E-state index contributed by atoms with van der Waals surface area (Å²) < 4.78 is 5.25. The molecule has 0 unspecified atom stereocenters. The summed E-state index contributed by atoms with van der Waals surface area (Å²) in [7, 11) is -1.19. The van der Waals surface area contributed by atoms with Crippen LogP contribution in [0.4, 0.5) is 0 Å². The Morgan fingerprint density at radius 1 is 1.15 bits per heavy atom. The zero-order chi connectivity index (χ0) is 10.1. The predicted octanol–water partition coefficient (Wildman–Crippen LogP) is 2.38. The van der Waals surface area contributed by atoms with E-state index in [4.69, 9.17) is 3.32 Å². The first-order chi connectivity index (χ1) is 5.93. The van der Waals surface area contributed by atoms with E-state index in [9.17, 15) is 0 Å². The van der Waals surface area contributed by atoms with Gasteiger partial charge in [0.05, 0.1) is 0 Å². The Kier molecular flexibility index (Phi) is 3.39. The summed E-state index contributed by atoms with van der Waals surface area (Å²) in [5, 5.41) is 1.46. The van der Waals surface area contributed by atoms with Crippen LogP contribution in [0.3, 0.4) is 0 Å². The van der Waals surface area contributed by atoms with Crippen LogP contribution in [0.15, 0.2) is 18.2 Å². The molecule has 0 aliphatic heterocycles. The van der Waals surface area contributed by atoms with Gasteiger partial charge in [-0.2, -0.15) is 0 Å². The van der Waals surface area contributed by atoms with Gasteiger partial charge in [0.25, 0.3) is 0 Å². The molecular weight excluding hydrogens is 212 g/mol. The van der Waals surface area contributed by atoms with E-state index in [0.717, 1.165) is 5.75 Å². The second kappa shape index (κ2) is 3.99. The van der Waals surface area contributed by atoms with E-state index in [1.54, 1.807) is 20.8 Å². The molecule has 0 aliphatic carbocycles. The van der Waals surface area contributed by atoms with Gasteiger partial charge in [0.1, 0.15) is 0 Å². The zero-order valence-corrected chi connectivity index (χ0v) is 11.2. The summed E-state index contributed by atoms with van der Waals surface area (Å²) in [6.45, 7) is 9.16. The summed E-state index contributed by atoms with van der Waals surface area (Å²) in [4.78, 5) is 0. The van der Waals surface area contributed by atoms with Gasteiger partial charge in [-0.1, -0.05) is 0 Å². The molecule has 0 N–H and O–H groups in total. The molecular formula is C10H15OSiTi. The molecule has 0 fully saturated rings. The fraction of sp³-hybridized carbons (Fsp3) is 0.400. The van der Waals surface area contributed by atoms with Crippen LogP contribution < -0.4 is 8.51 Å². The Morgan fingerprint density at radius 3 is 2.23 bits per heavy atom. The summed E-state index contributed by atoms with van der Waals surface area (Å²) in [5.74, 6) is 0.984. The normalized spacial score (nSPS) is 11.3. The van der Waals surface area contributed by atoms with E-state index in [1.165, 1.54) is 10.8 Å². The van der Waals surface area contributed by atoms with E-state index < -0.39 is 8.07 Å². The van der Waals surface area contributed by atoms with Gasteiger partial charge in [-0.3, -0.25) is 0 Å². The zero-order valence-electron chi connectivity index (χ0n) is 8.64. The first kappa shape index (κ1) is 11.0. The third-order valence-corrected chi connectivity index (χ3v) is 4.42. The molecule has 0 radical (unpaired) electrons. The molecule has 0 spiro atoms. The maximum atomic E-state index is 5.25. The van der Waals surface area contributed by atoms with Gasteiger partial charge >= 0.3 is 93.5 Å². The Balaban J connectivity index is 3.16. The molecule has 1 aromatic carbocycles. The van der Waals surface area contributed by atoms with Crippen molar-refractivity contribution in [2.24, 2.45) is 0 Å². The number of hydrogen-bond acceptors (Lipinski definition) is 1. The van der Waals surface area contributed by atoms with Crippen molar-refractivity contribution in [1.29, 1.82) is 0 Å². The van der Waals surface area contributed by atoms with Crippen LogP contribution in [0, 0.1) is 6.92 Å². The van der Waals surface area contributed by atoms with Crippen molar-refractivity contribution >= 4 is 13.3 Å². The van der Waals surface area contributed by atoms with Crippen LogP contribution in [0.2, 0.25) is 19.6 Å². The van der Waals surface area contributed by atoms with Crippen LogP contribution in [0.5, 0.6) is 5.75 Å². The average molecular weight is 227 g/mol. The van der Waals surface area contributed by atoms with Crippen molar-refractivity contribution in [2.75, 3.05) is 0 Å². The quantitative estimate of drug-likeness (QED) is 0.705. The Labute approximate surface area is 93.4 Å². The van der Waals surface area contributed by atoms with Gasteiger partial charge in [-0.05, 0) is 0 Å². The molecule has 13 heavy (non-hydrogen) atoms. The second-order valence-electron chi connectivity index (χ2n) is 4.39. The molecule has 1 nitrogen and oxygen atoms in total. The van der Waals surface area contributed by atoms with E-state index in [-0.39, 0.29) is 0 Å². The Bertz CT molecular complexity index is 304. The van der Waals surface area contributed by atoms with Gasteiger partial charge in [0, 0.05) is 0 Å². The van der Waals surface area contributed by atoms with Crippen molar-refractivity contribution in [3.05, 3.63) is 23.8 Å². The first-order valence-corrected chi connectivity index (χ1v) is 8.53. The van der Waals surface area contributed by atoms with Gasteiger partial charge in [0.2, 0.25) is 0 Å². The molecule has 0 atom stereocenters. The molecule has 0 bridgehead atoms. The van der Waals surface area contributed by atoms with E-state index >= 15 is 0 Å². The molecule has 3 heteroatoms. The molecule has 0 saturated carbocycles. The van der Waals surface area contributed by atoms with E-state index in [1.807, 2.05) is 0 Å². The molecule has 1 rings (SSSR count). The third-order valence-electron chi connectivity index (χ3n) is 2.03. The number of aryl methyl sites for hydroxylation is 1. The van der Waals surface area contributed by atoms with Crippen molar-refractivity contribution in [3.8, 4) is 5.75 Å². The van der Waals surface area contributed by atoms with Crippen LogP contribution in [-0.2, 0) is 20.8 Å². The van der Waals surface area contributed by atoms with Crippen LogP contribution in [0.1, 0.15) is 5.56 Å². The Morgan fingerprint density at radius 2 is 1.77 bits per heavy atom. The fourth-order valence-electron chi connectivity index (χ4n) is 1.24. The number of rotatable bonds is 2. The van der Waals surface area contributed by atoms with Crippen molar-refractivity contribution < 1.29 is 24.1 Å². The molecule has 0 heterocycles. The minimum absolute atomic E-state index is 0.984. The van der Waals surface area contributed by atoms with Gasteiger partial charge < -0.3 is 0 Å². The molecule has 0 saturated heterocycles. The molecule has 0 aliphatic rings. The topological polar surface area (TPSA) is 9.23 Å². The SMILES string of the molecule is Cc1cc([O][Ti])cc([Si](C)(C)C)c1. The number of hydrogen-bond donors (Lipinski definition) is 0. The van der Waals surface area contributed by atoms with E-state index in [2.05, 4.69) is 44.8 Å². The average Bonchev–Trinajstić information content (AvgIpc) is 2.01. The summed E-state index contributed by atoms with van der Waals surface area (Å²) >= 11 is 1.72. The van der Waals surface area contributed by atoms with Gasteiger partial charge in [-0.15, -0.1) is 0 Å². The monoisotopic (exact) mass is 227 g/mol. The molecule has 0 aromatic heterocycles. The minimum atomic E-state index is -1.19. The number of benzene rings is 1. The van der Waals surface area contributed by atoms with Crippen molar-refractivity contribution in [1.82, 2.24) is 0 Å². The van der Waals surface area contributed by atoms with Crippen LogP contribution in [0.25, 0.3) is 0 Å². The molecule has 69 valence electrons. The summed E-state index contributed by atoms with van der Waals surface area (Å²) in [6.07, 6.45) is 0. The van der Waals surface area contributed by atoms with E-state index in [0.29, 0.717) is 0 Å². The standard InChI is InChI=1S/C10H16OSi.Ti/c1-8-5-9(11)7-10(6-8)12(2,3)4;/h5-7,11H,1-4H3;/q;+1/p-1.